The predicted molar refractivity (Wildman–Crippen MR) is 121 cm³/mol. The highest BCUT2D eigenvalue weighted by molar-refractivity contribution is 9.10. The summed E-state index contributed by atoms with van der Waals surface area (Å²) in [5, 5.41) is 0. The van der Waals surface area contributed by atoms with Gasteiger partial charge < -0.3 is 23.8 Å². The summed E-state index contributed by atoms with van der Waals surface area (Å²) in [6, 6.07) is 14.7. The Morgan fingerprint density at radius 1 is 0.906 bits per heavy atom. The summed E-state index contributed by atoms with van der Waals surface area (Å²) in [7, 11) is 5.59. The average molecular weight is 512 g/mol. The number of benzene rings is 2. The minimum atomic E-state index is -0.757. The van der Waals surface area contributed by atoms with Crippen LogP contribution < -0.4 is 4.90 Å². The number of carbonyl (C=O) groups excluding carboxylic acids is 2. The Hall–Kier alpha value is -2.49. The predicted octanol–water partition coefficient (Wildman–Crippen LogP) is 4.01. The number of methoxy groups -OCH3 is 4. The van der Waals surface area contributed by atoms with Crippen LogP contribution in [0.1, 0.15) is 23.3 Å². The van der Waals surface area contributed by atoms with Crippen molar-refractivity contribution in [1.29, 1.82) is 0 Å². The third-order valence-electron chi connectivity index (χ3n) is 4.83. The van der Waals surface area contributed by atoms with Gasteiger partial charge in [-0.25, -0.2) is 14.0 Å². The van der Waals surface area contributed by atoms with E-state index in [0.29, 0.717) is 18.7 Å². The van der Waals surface area contributed by atoms with Crippen LogP contribution in [0.2, 0.25) is 0 Å². The van der Waals surface area contributed by atoms with Crippen molar-refractivity contribution in [3.05, 3.63) is 64.1 Å². The van der Waals surface area contributed by atoms with Gasteiger partial charge in [-0.2, -0.15) is 0 Å². The summed E-state index contributed by atoms with van der Waals surface area (Å²) in [6.07, 6.45) is -2.15. The van der Waals surface area contributed by atoms with E-state index in [4.69, 9.17) is 9.47 Å². The number of anilines is 1. The van der Waals surface area contributed by atoms with Crippen molar-refractivity contribution in [3.8, 4) is 0 Å². The van der Waals surface area contributed by atoms with Crippen LogP contribution in [0.5, 0.6) is 0 Å². The van der Waals surface area contributed by atoms with Crippen LogP contribution in [0.4, 0.5) is 10.1 Å². The highest BCUT2D eigenvalue weighted by Gasteiger charge is 2.28. The maximum atomic E-state index is 12.8. The van der Waals surface area contributed by atoms with Crippen molar-refractivity contribution in [2.24, 2.45) is 0 Å². The molecule has 9 heteroatoms. The lowest BCUT2D eigenvalue weighted by Gasteiger charge is -2.36. The van der Waals surface area contributed by atoms with E-state index in [1.807, 2.05) is 47.4 Å². The van der Waals surface area contributed by atoms with E-state index < -0.39 is 30.3 Å². The number of nitrogens with zero attached hydrogens (tertiary/aromatic N) is 1. The van der Waals surface area contributed by atoms with Gasteiger partial charge in [-0.3, -0.25) is 0 Å². The van der Waals surface area contributed by atoms with Crippen molar-refractivity contribution >= 4 is 33.6 Å². The van der Waals surface area contributed by atoms with E-state index in [1.54, 1.807) is 6.07 Å². The van der Waals surface area contributed by atoms with Crippen molar-refractivity contribution in [2.75, 3.05) is 46.4 Å². The molecule has 0 aromatic heterocycles. The van der Waals surface area contributed by atoms with Crippen LogP contribution in [0.25, 0.3) is 0 Å². The van der Waals surface area contributed by atoms with Crippen molar-refractivity contribution < 1.29 is 32.9 Å². The average Bonchev–Trinajstić information content (AvgIpc) is 2.78. The van der Waals surface area contributed by atoms with Gasteiger partial charge in [0.25, 0.3) is 0 Å². The molecule has 32 heavy (non-hydrogen) atoms. The fourth-order valence-corrected chi connectivity index (χ4v) is 3.56. The Morgan fingerprint density at radius 2 is 1.41 bits per heavy atom. The number of carbonyl (C=O) groups is 2. The third kappa shape index (κ3) is 6.75. The van der Waals surface area contributed by atoms with E-state index in [-0.39, 0.29) is 0 Å². The summed E-state index contributed by atoms with van der Waals surface area (Å²) in [6.45, 7) is 0.804. The number of alkyl halides is 1. The lowest BCUT2D eigenvalue weighted by molar-refractivity contribution is -0.153. The number of ether oxygens (including phenoxy) is 4. The molecule has 0 saturated carbocycles. The van der Waals surface area contributed by atoms with Gasteiger partial charge in [-0.1, -0.05) is 40.2 Å². The van der Waals surface area contributed by atoms with Crippen LogP contribution in [0, 0.1) is 0 Å². The summed E-state index contributed by atoms with van der Waals surface area (Å²) in [5.74, 6) is -0.841. The van der Waals surface area contributed by atoms with E-state index in [2.05, 4.69) is 25.4 Å². The van der Waals surface area contributed by atoms with Crippen LogP contribution in [-0.2, 0) is 28.5 Å². The van der Waals surface area contributed by atoms with E-state index in [1.165, 1.54) is 28.4 Å². The molecule has 1 aliphatic rings. The highest BCUT2D eigenvalue weighted by Crippen LogP contribution is 2.27. The Balaban J connectivity index is 0.000000235. The van der Waals surface area contributed by atoms with Crippen molar-refractivity contribution in [1.82, 2.24) is 0 Å². The molecule has 2 unspecified atom stereocenters. The molecule has 0 aliphatic carbocycles. The molecular formula is C23H27BrFNO6. The molecular weight excluding hydrogens is 485 g/mol. The number of hydrogen-bond donors (Lipinski definition) is 0. The van der Waals surface area contributed by atoms with Gasteiger partial charge in [0, 0.05) is 24.4 Å². The molecule has 1 aliphatic heterocycles. The number of esters is 2. The van der Waals surface area contributed by atoms with Crippen LogP contribution >= 0.6 is 15.9 Å². The zero-order valence-corrected chi connectivity index (χ0v) is 20.0. The van der Waals surface area contributed by atoms with Crippen molar-refractivity contribution in [3.63, 3.8) is 0 Å². The second-order valence-corrected chi connectivity index (χ2v) is 7.85. The van der Waals surface area contributed by atoms with E-state index in [9.17, 15) is 14.0 Å². The van der Waals surface area contributed by atoms with Gasteiger partial charge in [0.1, 0.15) is 6.17 Å². The smallest absolute Gasteiger partial charge is 0.339 e. The third-order valence-corrected chi connectivity index (χ3v) is 5.32. The summed E-state index contributed by atoms with van der Waals surface area (Å²) >= 11 is 3.32. The van der Waals surface area contributed by atoms with Gasteiger partial charge in [-0.15, -0.1) is 0 Å². The zero-order chi connectivity index (χ0) is 23.7. The van der Waals surface area contributed by atoms with Gasteiger partial charge in [0.05, 0.1) is 27.3 Å². The minimum Gasteiger partial charge on any atom is -0.467 e. The number of hydrogen-bond acceptors (Lipinski definition) is 7. The minimum absolute atomic E-state index is 0.398. The molecule has 3 rings (SSSR count). The second-order valence-electron chi connectivity index (χ2n) is 6.93. The number of rotatable bonds is 7. The molecule has 2 aromatic carbocycles. The summed E-state index contributed by atoms with van der Waals surface area (Å²) < 4.78 is 33.2. The fourth-order valence-electron chi connectivity index (χ4n) is 3.14. The largest absolute Gasteiger partial charge is 0.467 e. The van der Waals surface area contributed by atoms with E-state index >= 15 is 0 Å². The monoisotopic (exact) mass is 511 g/mol. The van der Waals surface area contributed by atoms with Crippen LogP contribution in [-0.4, -0.2) is 59.6 Å². The van der Waals surface area contributed by atoms with Crippen LogP contribution in [0.15, 0.2) is 53.0 Å². The normalized spacial score (nSPS) is 15.0. The molecule has 2 aromatic rings. The lowest BCUT2D eigenvalue weighted by Crippen LogP contribution is -2.48. The standard InChI is InChI=1S/C13H16FNO3.C10H11BrO3/c1-17-12(13(16)18-2)9-4-3-5-11(6-9)15-7-10(14)8-15;1-13-9(10(12)14-2)7-4-3-5-8(11)6-7/h3-6,10,12H,7-8H2,1-2H3;3-6,9H,1-2H3. The maximum absolute atomic E-state index is 12.8. The molecule has 1 saturated heterocycles. The van der Waals surface area contributed by atoms with Crippen molar-refractivity contribution in [2.45, 2.75) is 18.4 Å². The molecule has 0 bridgehead atoms. The van der Waals surface area contributed by atoms with E-state index in [0.717, 1.165) is 15.7 Å². The molecule has 0 amide bonds. The molecule has 2 atom stereocenters. The molecule has 0 spiro atoms. The first-order chi connectivity index (χ1) is 15.3. The Morgan fingerprint density at radius 3 is 1.84 bits per heavy atom. The molecule has 0 N–H and O–H groups in total. The first-order valence-corrected chi connectivity index (χ1v) is 10.6. The molecule has 1 heterocycles. The molecule has 7 nitrogen and oxygen atoms in total. The Kier molecular flexibility index (Phi) is 10.1. The van der Waals surface area contributed by atoms with Gasteiger partial charge in [0.2, 0.25) is 0 Å². The Bertz CT molecular complexity index is 906. The Labute approximate surface area is 195 Å². The van der Waals surface area contributed by atoms with Gasteiger partial charge >= 0.3 is 11.9 Å². The molecule has 1 fully saturated rings. The fraction of sp³-hybridized carbons (Fsp3) is 0.391. The van der Waals surface area contributed by atoms with Gasteiger partial charge in [-0.05, 0) is 35.4 Å². The first-order valence-electron chi connectivity index (χ1n) is 9.80. The second kappa shape index (κ2) is 12.5. The lowest BCUT2D eigenvalue weighted by atomic mass is 10.1. The summed E-state index contributed by atoms with van der Waals surface area (Å²) in [4.78, 5) is 24.7. The maximum Gasteiger partial charge on any atom is 0.339 e. The molecule has 174 valence electrons. The highest BCUT2D eigenvalue weighted by atomic mass is 79.9. The zero-order valence-electron chi connectivity index (χ0n) is 18.4. The SMILES string of the molecule is COC(=O)C(OC)c1cccc(Br)c1.COC(=O)C(OC)c1cccc(N2CC(F)C2)c1. The quantitative estimate of drug-likeness (QED) is 0.519. The summed E-state index contributed by atoms with van der Waals surface area (Å²) in [5.41, 5.74) is 2.38. The van der Waals surface area contributed by atoms with Crippen LogP contribution in [0.3, 0.4) is 0 Å². The first kappa shape index (κ1) is 25.8. The van der Waals surface area contributed by atoms with Gasteiger partial charge in [0.15, 0.2) is 12.2 Å². The number of halogens is 2. The molecule has 0 radical (unpaired) electrons. The topological polar surface area (TPSA) is 74.3 Å².